The fourth-order valence-electron chi connectivity index (χ4n) is 1.02. The Hall–Kier alpha value is -1.51. The fraction of sp³-hybridized carbons (Fsp3) is 0.300. The van der Waals surface area contributed by atoms with Gasteiger partial charge in [0.15, 0.2) is 0 Å². The molecule has 70 valence electrons. The van der Waals surface area contributed by atoms with Gasteiger partial charge in [-0.25, -0.2) is 4.79 Å². The van der Waals surface area contributed by atoms with Gasteiger partial charge in [-0.2, -0.15) is 0 Å². The molecule has 1 rings (SSSR count). The molecule has 0 aliphatic heterocycles. The van der Waals surface area contributed by atoms with Crippen LogP contribution in [-0.4, -0.2) is 19.6 Å². The van der Waals surface area contributed by atoms with Crippen molar-refractivity contribution < 1.29 is 9.53 Å². The first-order chi connectivity index (χ1) is 6.27. The first-order valence-corrected chi connectivity index (χ1v) is 4.23. The highest BCUT2D eigenvalue weighted by Gasteiger charge is 2.05. The standard InChI is InChI=1S/C10H13NO2/c1-3-13-10(12)8-5-4-6-9(7-8)11-2/h4-7,11H,3H2,1-2H3. The van der Waals surface area contributed by atoms with E-state index in [9.17, 15) is 4.79 Å². The van der Waals surface area contributed by atoms with Crippen LogP contribution in [0.1, 0.15) is 17.3 Å². The van der Waals surface area contributed by atoms with Gasteiger partial charge in [0.05, 0.1) is 12.2 Å². The number of hydrogen-bond acceptors (Lipinski definition) is 3. The summed E-state index contributed by atoms with van der Waals surface area (Å²) in [6, 6.07) is 7.21. The summed E-state index contributed by atoms with van der Waals surface area (Å²) in [5.74, 6) is -0.278. The Morgan fingerprint density at radius 3 is 2.92 bits per heavy atom. The summed E-state index contributed by atoms with van der Waals surface area (Å²) < 4.78 is 4.86. The quantitative estimate of drug-likeness (QED) is 0.720. The zero-order valence-corrected chi connectivity index (χ0v) is 7.83. The van der Waals surface area contributed by atoms with Crippen molar-refractivity contribution in [3.63, 3.8) is 0 Å². The minimum absolute atomic E-state index is 0.278. The molecule has 3 nitrogen and oxygen atoms in total. The van der Waals surface area contributed by atoms with Crippen molar-refractivity contribution in [3.8, 4) is 0 Å². The van der Waals surface area contributed by atoms with Gasteiger partial charge in [-0.15, -0.1) is 0 Å². The third-order valence-electron chi connectivity index (χ3n) is 1.66. The van der Waals surface area contributed by atoms with Crippen LogP contribution < -0.4 is 5.32 Å². The topological polar surface area (TPSA) is 38.3 Å². The van der Waals surface area contributed by atoms with Crippen LogP contribution in [0.25, 0.3) is 0 Å². The zero-order valence-electron chi connectivity index (χ0n) is 7.83. The monoisotopic (exact) mass is 179 g/mol. The highest BCUT2D eigenvalue weighted by atomic mass is 16.5. The average Bonchev–Trinajstić information content (AvgIpc) is 2.18. The number of anilines is 1. The second-order valence-corrected chi connectivity index (χ2v) is 2.55. The van der Waals surface area contributed by atoms with Gasteiger partial charge in [0.1, 0.15) is 0 Å². The van der Waals surface area contributed by atoms with Crippen LogP contribution in [0.3, 0.4) is 0 Å². The summed E-state index contributed by atoms with van der Waals surface area (Å²) in [6.07, 6.45) is 0. The van der Waals surface area contributed by atoms with Crippen LogP contribution in [0.5, 0.6) is 0 Å². The molecule has 0 aliphatic rings. The Morgan fingerprint density at radius 1 is 1.54 bits per heavy atom. The second-order valence-electron chi connectivity index (χ2n) is 2.55. The van der Waals surface area contributed by atoms with Crippen molar-refractivity contribution in [2.45, 2.75) is 6.92 Å². The van der Waals surface area contributed by atoms with Gasteiger partial charge in [0.25, 0.3) is 0 Å². The number of hydrogen-bond donors (Lipinski definition) is 1. The molecule has 0 spiro atoms. The lowest BCUT2D eigenvalue weighted by atomic mass is 10.2. The van der Waals surface area contributed by atoms with E-state index in [4.69, 9.17) is 4.74 Å². The van der Waals surface area contributed by atoms with E-state index in [1.54, 1.807) is 19.1 Å². The molecule has 0 atom stereocenters. The molecule has 0 fully saturated rings. The highest BCUT2D eigenvalue weighted by Crippen LogP contribution is 2.10. The maximum absolute atomic E-state index is 11.3. The number of nitrogens with one attached hydrogen (secondary N) is 1. The van der Waals surface area contributed by atoms with Gasteiger partial charge in [0.2, 0.25) is 0 Å². The summed E-state index contributed by atoms with van der Waals surface area (Å²) in [5, 5.41) is 2.96. The molecule has 0 radical (unpaired) electrons. The lowest BCUT2D eigenvalue weighted by molar-refractivity contribution is 0.0526. The van der Waals surface area contributed by atoms with Gasteiger partial charge >= 0.3 is 5.97 Å². The summed E-state index contributed by atoms with van der Waals surface area (Å²) in [7, 11) is 1.81. The van der Waals surface area contributed by atoms with Crippen molar-refractivity contribution in [1.82, 2.24) is 0 Å². The first kappa shape index (κ1) is 9.58. The minimum Gasteiger partial charge on any atom is -0.462 e. The molecule has 0 unspecified atom stereocenters. The number of esters is 1. The van der Waals surface area contributed by atoms with E-state index in [1.165, 1.54) is 0 Å². The molecule has 13 heavy (non-hydrogen) atoms. The highest BCUT2D eigenvalue weighted by molar-refractivity contribution is 5.90. The van der Waals surface area contributed by atoms with Gasteiger partial charge in [-0.05, 0) is 25.1 Å². The van der Waals surface area contributed by atoms with Crippen LogP contribution >= 0.6 is 0 Å². The van der Waals surface area contributed by atoms with E-state index in [-0.39, 0.29) is 5.97 Å². The van der Waals surface area contributed by atoms with E-state index in [2.05, 4.69) is 5.32 Å². The van der Waals surface area contributed by atoms with E-state index >= 15 is 0 Å². The Morgan fingerprint density at radius 2 is 2.31 bits per heavy atom. The number of rotatable bonds is 3. The van der Waals surface area contributed by atoms with Gasteiger partial charge in [0, 0.05) is 12.7 Å². The third kappa shape index (κ3) is 2.47. The molecule has 3 heteroatoms. The molecule has 0 aromatic heterocycles. The van der Waals surface area contributed by atoms with Gasteiger partial charge < -0.3 is 10.1 Å². The number of ether oxygens (including phenoxy) is 1. The normalized spacial score (nSPS) is 9.38. The van der Waals surface area contributed by atoms with Crippen LogP contribution in [0.4, 0.5) is 5.69 Å². The van der Waals surface area contributed by atoms with Crippen molar-refractivity contribution >= 4 is 11.7 Å². The average molecular weight is 179 g/mol. The lowest BCUT2D eigenvalue weighted by Gasteiger charge is -2.03. The third-order valence-corrected chi connectivity index (χ3v) is 1.66. The van der Waals surface area contributed by atoms with E-state index in [1.807, 2.05) is 19.2 Å². The van der Waals surface area contributed by atoms with Crippen molar-refractivity contribution in [1.29, 1.82) is 0 Å². The van der Waals surface area contributed by atoms with Crippen molar-refractivity contribution in [2.75, 3.05) is 19.0 Å². The predicted molar refractivity (Wildman–Crippen MR) is 51.9 cm³/mol. The molecule has 0 bridgehead atoms. The Balaban J connectivity index is 2.82. The molecule has 0 saturated heterocycles. The number of carbonyl (C=O) groups excluding carboxylic acids is 1. The Labute approximate surface area is 77.7 Å². The van der Waals surface area contributed by atoms with E-state index in [0.29, 0.717) is 12.2 Å². The molecular weight excluding hydrogens is 166 g/mol. The van der Waals surface area contributed by atoms with Gasteiger partial charge in [-0.1, -0.05) is 6.07 Å². The van der Waals surface area contributed by atoms with Crippen LogP contribution in [0.2, 0.25) is 0 Å². The van der Waals surface area contributed by atoms with Gasteiger partial charge in [-0.3, -0.25) is 0 Å². The first-order valence-electron chi connectivity index (χ1n) is 4.23. The largest absolute Gasteiger partial charge is 0.462 e. The van der Waals surface area contributed by atoms with E-state index < -0.39 is 0 Å². The maximum atomic E-state index is 11.3. The maximum Gasteiger partial charge on any atom is 0.338 e. The Kier molecular flexibility index (Phi) is 3.31. The van der Waals surface area contributed by atoms with Crippen molar-refractivity contribution in [2.24, 2.45) is 0 Å². The Bertz CT molecular complexity index is 297. The number of benzene rings is 1. The molecular formula is C10H13NO2. The molecule has 1 aromatic carbocycles. The van der Waals surface area contributed by atoms with Crippen LogP contribution in [-0.2, 0) is 4.74 Å². The molecule has 1 aromatic rings. The predicted octanol–water partition coefficient (Wildman–Crippen LogP) is 1.91. The second kappa shape index (κ2) is 4.50. The smallest absolute Gasteiger partial charge is 0.338 e. The molecule has 0 heterocycles. The molecule has 0 amide bonds. The van der Waals surface area contributed by atoms with Crippen molar-refractivity contribution in [3.05, 3.63) is 29.8 Å². The summed E-state index contributed by atoms with van der Waals surface area (Å²) in [6.45, 7) is 2.20. The number of carbonyl (C=O) groups is 1. The van der Waals surface area contributed by atoms with E-state index in [0.717, 1.165) is 5.69 Å². The van der Waals surface area contributed by atoms with Crippen LogP contribution in [0, 0.1) is 0 Å². The molecule has 0 saturated carbocycles. The van der Waals surface area contributed by atoms with Crippen LogP contribution in [0.15, 0.2) is 24.3 Å². The molecule has 1 N–H and O–H groups in total. The lowest BCUT2D eigenvalue weighted by Crippen LogP contribution is -2.04. The molecule has 0 aliphatic carbocycles. The fourth-order valence-corrected chi connectivity index (χ4v) is 1.02. The summed E-state index contributed by atoms with van der Waals surface area (Å²) >= 11 is 0. The SMILES string of the molecule is CCOC(=O)c1cccc(NC)c1. The minimum atomic E-state index is -0.278. The summed E-state index contributed by atoms with van der Waals surface area (Å²) in [4.78, 5) is 11.3. The summed E-state index contributed by atoms with van der Waals surface area (Å²) in [5.41, 5.74) is 1.49. The zero-order chi connectivity index (χ0) is 9.68.